The molecule has 2 aromatic carbocycles. The van der Waals surface area contributed by atoms with Gasteiger partial charge >= 0.3 is 11.9 Å². The molecule has 154 valence electrons. The molecule has 0 saturated heterocycles. The number of carbonyl (C=O) groups excluding carboxylic acids is 2. The summed E-state index contributed by atoms with van der Waals surface area (Å²) in [7, 11) is 0. The van der Waals surface area contributed by atoms with E-state index in [-0.39, 0.29) is 11.5 Å². The molecule has 3 aromatic rings. The van der Waals surface area contributed by atoms with E-state index in [1.807, 2.05) is 0 Å². The largest absolute Gasteiger partial charge is 0.478 e. The number of hydrogen-bond acceptors (Lipinski definition) is 6. The summed E-state index contributed by atoms with van der Waals surface area (Å²) in [5.41, 5.74) is 2.09. The van der Waals surface area contributed by atoms with Gasteiger partial charge in [-0.25, -0.2) is 9.59 Å². The molecule has 1 aliphatic heterocycles. The molecule has 7 nitrogen and oxygen atoms in total. The quantitative estimate of drug-likeness (QED) is 0.365. The lowest BCUT2D eigenvalue weighted by Gasteiger charge is -2.12. The number of thiophene rings is 1. The maximum atomic E-state index is 12.9. The summed E-state index contributed by atoms with van der Waals surface area (Å²) >= 11 is 1.30. The molecule has 1 aromatic heterocycles. The number of carboxylic acids is 1. The first-order chi connectivity index (χ1) is 14.9. The van der Waals surface area contributed by atoms with Crippen molar-refractivity contribution in [1.82, 2.24) is 0 Å². The number of benzene rings is 2. The Labute approximate surface area is 181 Å². The van der Waals surface area contributed by atoms with E-state index in [0.717, 1.165) is 5.56 Å². The van der Waals surface area contributed by atoms with Gasteiger partial charge in [-0.15, -0.1) is 11.3 Å². The van der Waals surface area contributed by atoms with Crippen LogP contribution in [0.5, 0.6) is 5.75 Å². The van der Waals surface area contributed by atoms with Gasteiger partial charge in [-0.3, -0.25) is 4.79 Å². The molecular formula is C23H16N2O5S. The molecule has 4 rings (SSSR count). The van der Waals surface area contributed by atoms with Crippen LogP contribution in [0, 0.1) is 0 Å². The van der Waals surface area contributed by atoms with Gasteiger partial charge in [-0.2, -0.15) is 10.1 Å². The van der Waals surface area contributed by atoms with Crippen molar-refractivity contribution in [1.29, 1.82) is 0 Å². The van der Waals surface area contributed by atoms with Crippen LogP contribution in [0.15, 0.2) is 76.7 Å². The first-order valence-electron chi connectivity index (χ1n) is 9.23. The zero-order valence-electron chi connectivity index (χ0n) is 16.3. The highest BCUT2D eigenvalue weighted by atomic mass is 32.1. The van der Waals surface area contributed by atoms with E-state index in [0.29, 0.717) is 27.6 Å². The Morgan fingerprint density at radius 2 is 1.87 bits per heavy atom. The minimum atomic E-state index is -1.08. The van der Waals surface area contributed by atoms with Crippen molar-refractivity contribution >= 4 is 46.7 Å². The molecule has 0 fully saturated rings. The van der Waals surface area contributed by atoms with E-state index in [1.165, 1.54) is 28.5 Å². The summed E-state index contributed by atoms with van der Waals surface area (Å²) in [6.45, 7) is 1.71. The van der Waals surface area contributed by atoms with E-state index in [4.69, 9.17) is 9.84 Å². The number of aromatic carboxylic acids is 1. The number of rotatable bonds is 5. The van der Waals surface area contributed by atoms with Gasteiger partial charge in [-0.1, -0.05) is 24.3 Å². The first kappa shape index (κ1) is 20.2. The van der Waals surface area contributed by atoms with Gasteiger partial charge in [0.1, 0.15) is 10.6 Å². The Morgan fingerprint density at radius 1 is 1.10 bits per heavy atom. The fourth-order valence-corrected chi connectivity index (χ4v) is 3.58. The van der Waals surface area contributed by atoms with Crippen LogP contribution in [-0.4, -0.2) is 28.7 Å². The van der Waals surface area contributed by atoms with E-state index in [9.17, 15) is 14.4 Å². The lowest BCUT2D eigenvalue weighted by Crippen LogP contribution is -2.21. The summed E-state index contributed by atoms with van der Waals surface area (Å²) in [4.78, 5) is 36.6. The molecule has 0 saturated carbocycles. The van der Waals surface area contributed by atoms with Gasteiger partial charge in [0, 0.05) is 0 Å². The number of esters is 1. The lowest BCUT2D eigenvalue weighted by atomic mass is 10.1. The summed E-state index contributed by atoms with van der Waals surface area (Å²) in [5.74, 6) is -1.46. The van der Waals surface area contributed by atoms with E-state index in [1.54, 1.807) is 66.9 Å². The van der Waals surface area contributed by atoms with Crippen molar-refractivity contribution in [2.75, 3.05) is 5.01 Å². The van der Waals surface area contributed by atoms with Crippen molar-refractivity contribution in [3.63, 3.8) is 0 Å². The Morgan fingerprint density at radius 3 is 2.55 bits per heavy atom. The highest BCUT2D eigenvalue weighted by Gasteiger charge is 2.29. The minimum Gasteiger partial charge on any atom is -0.478 e. The fraction of sp³-hybridized carbons (Fsp3) is 0.0435. The van der Waals surface area contributed by atoms with Gasteiger partial charge in [0.05, 0.1) is 22.5 Å². The van der Waals surface area contributed by atoms with Crippen LogP contribution >= 0.6 is 11.3 Å². The average Bonchev–Trinajstić information content (AvgIpc) is 3.40. The fourth-order valence-electron chi connectivity index (χ4n) is 2.98. The number of carboxylic acid groups (broad SMARTS) is 1. The van der Waals surface area contributed by atoms with Crippen molar-refractivity contribution in [3.05, 3.63) is 87.6 Å². The third-order valence-electron chi connectivity index (χ3n) is 4.52. The molecule has 0 unspecified atom stereocenters. The number of hydrazone groups is 1. The summed E-state index contributed by atoms with van der Waals surface area (Å²) in [5, 5.41) is 16.4. The predicted molar refractivity (Wildman–Crippen MR) is 118 cm³/mol. The molecule has 1 aliphatic rings. The molecule has 1 N–H and O–H groups in total. The Hall–Kier alpha value is -4.04. The molecule has 8 heteroatoms. The van der Waals surface area contributed by atoms with Gasteiger partial charge in [-0.05, 0) is 60.3 Å². The number of hydrogen-bond donors (Lipinski definition) is 1. The van der Waals surface area contributed by atoms with E-state index in [2.05, 4.69) is 5.10 Å². The normalized spacial score (nSPS) is 14.6. The second kappa shape index (κ2) is 8.37. The Bertz CT molecular complexity index is 1230. The van der Waals surface area contributed by atoms with Crippen LogP contribution < -0.4 is 9.75 Å². The molecule has 0 spiro atoms. The monoisotopic (exact) mass is 432 g/mol. The van der Waals surface area contributed by atoms with Crippen LogP contribution in [0.1, 0.15) is 32.5 Å². The highest BCUT2D eigenvalue weighted by molar-refractivity contribution is 7.12. The lowest BCUT2D eigenvalue weighted by molar-refractivity contribution is -0.114. The molecule has 0 bridgehead atoms. The van der Waals surface area contributed by atoms with Crippen molar-refractivity contribution in [3.8, 4) is 5.75 Å². The number of amides is 1. The smallest absolute Gasteiger partial charge is 0.353 e. The summed E-state index contributed by atoms with van der Waals surface area (Å²) < 4.78 is 5.34. The van der Waals surface area contributed by atoms with Crippen LogP contribution in [0.25, 0.3) is 6.08 Å². The molecular weight excluding hydrogens is 416 g/mol. The second-order valence-electron chi connectivity index (χ2n) is 6.65. The molecule has 31 heavy (non-hydrogen) atoms. The molecule has 2 heterocycles. The Kier molecular flexibility index (Phi) is 5.46. The van der Waals surface area contributed by atoms with Gasteiger partial charge in [0.2, 0.25) is 0 Å². The van der Waals surface area contributed by atoms with Crippen molar-refractivity contribution < 1.29 is 24.2 Å². The van der Waals surface area contributed by atoms with Gasteiger partial charge in [0.25, 0.3) is 5.91 Å². The third kappa shape index (κ3) is 4.29. The second-order valence-corrected chi connectivity index (χ2v) is 7.60. The average molecular weight is 432 g/mol. The topological polar surface area (TPSA) is 96.3 Å². The molecule has 0 radical (unpaired) electrons. The number of ether oxygens (including phenoxy) is 1. The maximum Gasteiger partial charge on any atom is 0.353 e. The molecule has 1 amide bonds. The highest BCUT2D eigenvalue weighted by Crippen LogP contribution is 2.26. The standard InChI is InChI=1S/C23H16N2O5S/c1-14-19(21(26)25(24-14)17-5-2-4-16(13-17)22(27)28)12-15-7-9-18(10-8-15)30-23(29)20-6-3-11-31-20/h2-13H,1H3,(H,27,28). The maximum absolute atomic E-state index is 12.9. The van der Waals surface area contributed by atoms with Crippen LogP contribution in [-0.2, 0) is 4.79 Å². The minimum absolute atomic E-state index is 0.0725. The van der Waals surface area contributed by atoms with Gasteiger partial charge in [0.15, 0.2) is 0 Å². The third-order valence-corrected chi connectivity index (χ3v) is 5.37. The summed E-state index contributed by atoms with van der Waals surface area (Å²) in [6, 6.07) is 16.3. The number of nitrogens with zero attached hydrogens (tertiary/aromatic N) is 2. The van der Waals surface area contributed by atoms with Crippen LogP contribution in [0.3, 0.4) is 0 Å². The van der Waals surface area contributed by atoms with E-state index >= 15 is 0 Å². The van der Waals surface area contributed by atoms with Crippen molar-refractivity contribution in [2.24, 2.45) is 5.10 Å². The van der Waals surface area contributed by atoms with E-state index < -0.39 is 11.9 Å². The predicted octanol–water partition coefficient (Wildman–Crippen LogP) is 4.47. The van der Waals surface area contributed by atoms with Gasteiger partial charge < -0.3 is 9.84 Å². The number of carbonyl (C=O) groups is 3. The Balaban J connectivity index is 1.52. The van der Waals surface area contributed by atoms with Crippen LogP contribution in [0.4, 0.5) is 5.69 Å². The van der Waals surface area contributed by atoms with Crippen LogP contribution in [0.2, 0.25) is 0 Å². The zero-order valence-corrected chi connectivity index (χ0v) is 17.1. The number of anilines is 1. The molecule has 0 atom stereocenters. The van der Waals surface area contributed by atoms with Crippen molar-refractivity contribution in [2.45, 2.75) is 6.92 Å². The SMILES string of the molecule is CC1=NN(c2cccc(C(=O)O)c2)C(=O)C1=Cc1ccc(OC(=O)c2cccs2)cc1. The zero-order chi connectivity index (χ0) is 22.0. The first-order valence-corrected chi connectivity index (χ1v) is 10.1. The molecule has 0 aliphatic carbocycles. The summed E-state index contributed by atoms with van der Waals surface area (Å²) in [6.07, 6.45) is 1.69.